The summed E-state index contributed by atoms with van der Waals surface area (Å²) in [5.74, 6) is -1.10. The third-order valence-corrected chi connectivity index (χ3v) is 2.53. The quantitative estimate of drug-likeness (QED) is 0.255. The lowest BCUT2D eigenvalue weighted by Crippen LogP contribution is -2.32. The van der Waals surface area contributed by atoms with E-state index in [4.69, 9.17) is 5.11 Å². The molecular formula is C10H17N3O6. The van der Waals surface area contributed by atoms with Gasteiger partial charge in [-0.15, -0.1) is 0 Å². The first-order chi connectivity index (χ1) is 9.13. The molecule has 9 nitrogen and oxygen atoms in total. The Labute approximate surface area is 110 Å². The number of piperidine rings is 1. The number of carboxylic acids is 1. The number of carbonyl (C=O) groups excluding carboxylic acids is 1. The zero-order valence-electron chi connectivity index (χ0n) is 10.7. The van der Waals surface area contributed by atoms with Crippen LogP contribution >= 0.6 is 0 Å². The maximum atomic E-state index is 10.7. The van der Waals surface area contributed by atoms with Crippen molar-refractivity contribution in [2.24, 2.45) is 16.4 Å². The lowest BCUT2D eigenvalue weighted by Gasteiger charge is -2.25. The number of ether oxygens (including phenoxy) is 2. The molecule has 0 saturated carbocycles. The average Bonchev–Trinajstić information content (AvgIpc) is 2.39. The first kappa shape index (κ1) is 15.0. The lowest BCUT2D eigenvalue weighted by molar-refractivity contribution is -0.143. The molecule has 0 spiro atoms. The van der Waals surface area contributed by atoms with Gasteiger partial charge in [-0.05, 0) is 25.0 Å². The van der Waals surface area contributed by atoms with Crippen LogP contribution in [0.15, 0.2) is 10.5 Å². The van der Waals surface area contributed by atoms with Crippen molar-refractivity contribution in [1.29, 1.82) is 0 Å². The molecular weight excluding hydrogens is 258 g/mol. The largest absolute Gasteiger partial charge is 0.511 e. The fraction of sp³-hybridized carbons (Fsp3) is 0.800. The van der Waals surface area contributed by atoms with Crippen molar-refractivity contribution in [2.75, 3.05) is 26.5 Å². The maximum Gasteiger partial charge on any atom is 0.511 e. The second kappa shape index (κ2) is 8.11. The van der Waals surface area contributed by atoms with Crippen molar-refractivity contribution in [3.8, 4) is 0 Å². The predicted octanol–water partition coefficient (Wildman–Crippen LogP) is 1.21. The molecule has 1 fully saturated rings. The molecule has 0 bridgehead atoms. The highest BCUT2D eigenvalue weighted by Crippen LogP contribution is 2.17. The molecule has 1 rings (SSSR count). The summed E-state index contributed by atoms with van der Waals surface area (Å²) < 4.78 is 8.98. The predicted molar refractivity (Wildman–Crippen MR) is 60.8 cm³/mol. The molecule has 1 saturated heterocycles. The van der Waals surface area contributed by atoms with Gasteiger partial charge >= 0.3 is 12.1 Å². The molecule has 1 heterocycles. The average molecular weight is 275 g/mol. The first-order valence-corrected chi connectivity index (χ1v) is 5.93. The van der Waals surface area contributed by atoms with E-state index in [1.54, 1.807) is 11.9 Å². The van der Waals surface area contributed by atoms with Gasteiger partial charge in [-0.2, -0.15) is 0 Å². The third-order valence-electron chi connectivity index (χ3n) is 2.53. The number of hydrogen-bond donors (Lipinski definition) is 1. The molecule has 0 aliphatic carbocycles. The van der Waals surface area contributed by atoms with Gasteiger partial charge in [-0.1, -0.05) is 0 Å². The van der Waals surface area contributed by atoms with Crippen LogP contribution in [-0.4, -0.2) is 48.7 Å². The smallest absolute Gasteiger partial charge is 0.481 e. The molecule has 0 amide bonds. The zero-order valence-corrected chi connectivity index (χ0v) is 10.7. The van der Waals surface area contributed by atoms with E-state index in [0.29, 0.717) is 25.9 Å². The van der Waals surface area contributed by atoms with Crippen LogP contribution in [0.25, 0.3) is 0 Å². The van der Waals surface area contributed by atoms with Crippen molar-refractivity contribution in [3.05, 3.63) is 0 Å². The molecule has 9 heteroatoms. The van der Waals surface area contributed by atoms with E-state index in [0.717, 1.165) is 0 Å². The minimum Gasteiger partial charge on any atom is -0.481 e. The van der Waals surface area contributed by atoms with Crippen LogP contribution in [0.4, 0.5) is 4.79 Å². The SMILES string of the molecule is CCOC(=O)OCO/N=N\N1CCC(C(=O)O)CC1. The van der Waals surface area contributed by atoms with Crippen molar-refractivity contribution < 1.29 is 29.0 Å². The Morgan fingerprint density at radius 2 is 2.00 bits per heavy atom. The zero-order chi connectivity index (χ0) is 14.1. The van der Waals surface area contributed by atoms with Gasteiger partial charge in [0.15, 0.2) is 0 Å². The van der Waals surface area contributed by atoms with Gasteiger partial charge in [0, 0.05) is 18.4 Å². The molecule has 0 aromatic carbocycles. The summed E-state index contributed by atoms with van der Waals surface area (Å²) in [7, 11) is 0. The Morgan fingerprint density at radius 3 is 2.58 bits per heavy atom. The topological polar surface area (TPSA) is 110 Å². The summed E-state index contributed by atoms with van der Waals surface area (Å²) >= 11 is 0. The van der Waals surface area contributed by atoms with Crippen LogP contribution in [0, 0.1) is 5.92 Å². The Bertz CT molecular complexity index is 327. The summed E-state index contributed by atoms with van der Waals surface area (Å²) in [5.41, 5.74) is 0. The van der Waals surface area contributed by atoms with E-state index in [1.807, 2.05) is 0 Å². The van der Waals surface area contributed by atoms with Crippen LogP contribution in [0.5, 0.6) is 0 Å². The van der Waals surface area contributed by atoms with Crippen LogP contribution < -0.4 is 0 Å². The van der Waals surface area contributed by atoms with Crippen molar-refractivity contribution in [1.82, 2.24) is 5.01 Å². The molecule has 0 aromatic rings. The number of rotatable bonds is 6. The lowest BCUT2D eigenvalue weighted by atomic mass is 9.98. The normalized spacial score (nSPS) is 16.4. The van der Waals surface area contributed by atoms with E-state index in [9.17, 15) is 9.59 Å². The van der Waals surface area contributed by atoms with Gasteiger partial charge in [-0.25, -0.2) is 4.79 Å². The molecule has 0 aromatic heterocycles. The standard InChI is InChI=1S/C10H17N3O6/c1-2-17-10(16)18-7-19-12-11-13-5-3-8(4-6-13)9(14)15/h8H,2-7H2,1H3,(H,14,15)/b12-11-. The molecule has 0 unspecified atom stereocenters. The maximum absolute atomic E-state index is 10.7. The Hall–Kier alpha value is -2.06. The van der Waals surface area contributed by atoms with Crippen LogP contribution in [0.3, 0.4) is 0 Å². The van der Waals surface area contributed by atoms with Crippen molar-refractivity contribution >= 4 is 12.1 Å². The Morgan fingerprint density at radius 1 is 1.32 bits per heavy atom. The number of aliphatic carboxylic acids is 1. The van der Waals surface area contributed by atoms with Gasteiger partial charge < -0.3 is 19.4 Å². The molecule has 1 aliphatic rings. The summed E-state index contributed by atoms with van der Waals surface area (Å²) in [6, 6.07) is 0. The van der Waals surface area contributed by atoms with E-state index in [-0.39, 0.29) is 19.3 Å². The van der Waals surface area contributed by atoms with Gasteiger partial charge in [0.25, 0.3) is 6.79 Å². The molecule has 0 radical (unpaired) electrons. The molecule has 108 valence electrons. The fourth-order valence-electron chi connectivity index (χ4n) is 1.54. The Kier molecular flexibility index (Phi) is 6.41. The van der Waals surface area contributed by atoms with Crippen LogP contribution in [0.1, 0.15) is 19.8 Å². The summed E-state index contributed by atoms with van der Waals surface area (Å²) in [6.07, 6.45) is 0.210. The second-order valence-corrected chi connectivity index (χ2v) is 3.81. The van der Waals surface area contributed by atoms with Crippen LogP contribution in [-0.2, 0) is 19.1 Å². The van der Waals surface area contributed by atoms with Gasteiger partial charge in [0.1, 0.15) is 0 Å². The van der Waals surface area contributed by atoms with Crippen LogP contribution in [0.2, 0.25) is 0 Å². The fourth-order valence-corrected chi connectivity index (χ4v) is 1.54. The summed E-state index contributed by atoms with van der Waals surface area (Å²) in [6.45, 7) is 2.50. The van der Waals surface area contributed by atoms with E-state index < -0.39 is 12.1 Å². The minimum absolute atomic E-state index is 0.221. The monoisotopic (exact) mass is 275 g/mol. The summed E-state index contributed by atoms with van der Waals surface area (Å²) in [5, 5.41) is 17.5. The number of nitrogens with zero attached hydrogens (tertiary/aromatic N) is 3. The van der Waals surface area contributed by atoms with Gasteiger partial charge in [-0.3, -0.25) is 9.80 Å². The highest BCUT2D eigenvalue weighted by molar-refractivity contribution is 5.70. The van der Waals surface area contributed by atoms with E-state index in [2.05, 4.69) is 24.8 Å². The number of hydrogen-bond acceptors (Lipinski definition) is 7. The number of carboxylic acid groups (broad SMARTS) is 1. The van der Waals surface area contributed by atoms with E-state index in [1.165, 1.54) is 0 Å². The summed E-state index contributed by atoms with van der Waals surface area (Å²) in [4.78, 5) is 26.1. The molecule has 1 N–H and O–H groups in total. The van der Waals surface area contributed by atoms with E-state index >= 15 is 0 Å². The highest BCUT2D eigenvalue weighted by Gasteiger charge is 2.23. The minimum atomic E-state index is -0.833. The molecule has 1 aliphatic heterocycles. The second-order valence-electron chi connectivity index (χ2n) is 3.81. The van der Waals surface area contributed by atoms with Crippen molar-refractivity contribution in [3.63, 3.8) is 0 Å². The first-order valence-electron chi connectivity index (χ1n) is 5.93. The van der Waals surface area contributed by atoms with Gasteiger partial charge in [0.2, 0.25) is 0 Å². The third kappa shape index (κ3) is 5.89. The molecule has 19 heavy (non-hydrogen) atoms. The van der Waals surface area contributed by atoms with Crippen molar-refractivity contribution in [2.45, 2.75) is 19.8 Å². The number of carbonyl (C=O) groups is 2. The molecule has 0 atom stereocenters. The highest BCUT2D eigenvalue weighted by atomic mass is 16.8. The Balaban J connectivity index is 2.10. The van der Waals surface area contributed by atoms with Gasteiger partial charge in [0.05, 0.1) is 12.5 Å².